The molecular formula is C32H42N2O6S. The SMILES string of the molecule is C=C[C@@H](OC1CCCCO1)[C@H](Cc1cn(S(=O)(=O)c2c(C)cc(C)cc2C)c2ccccc12)NC(=O)OC(C)(C)C. The first-order valence-corrected chi connectivity index (χ1v) is 15.6. The number of amides is 1. The summed E-state index contributed by atoms with van der Waals surface area (Å²) in [5.41, 5.74) is 3.00. The fraction of sp³-hybridized carbons (Fsp3) is 0.469. The molecule has 1 aromatic heterocycles. The van der Waals surface area contributed by atoms with Crippen LogP contribution in [0.2, 0.25) is 0 Å². The highest BCUT2D eigenvalue weighted by molar-refractivity contribution is 7.90. The number of nitrogens with one attached hydrogen (secondary N) is 1. The number of hydrogen-bond acceptors (Lipinski definition) is 6. The van der Waals surface area contributed by atoms with Crippen LogP contribution in [0.15, 0.2) is 60.1 Å². The van der Waals surface area contributed by atoms with Crippen molar-refractivity contribution in [2.45, 2.75) is 96.2 Å². The van der Waals surface area contributed by atoms with Crippen molar-refractivity contribution in [3.8, 4) is 0 Å². The number of hydrogen-bond donors (Lipinski definition) is 1. The molecule has 1 aliphatic rings. The summed E-state index contributed by atoms with van der Waals surface area (Å²) in [4.78, 5) is 13.2. The van der Waals surface area contributed by atoms with Gasteiger partial charge in [-0.05, 0) is 90.0 Å². The Morgan fingerprint density at radius 3 is 2.46 bits per heavy atom. The maximum atomic E-state index is 14.1. The Hall–Kier alpha value is -3.14. The number of rotatable bonds is 9. The van der Waals surface area contributed by atoms with Crippen LogP contribution in [-0.2, 0) is 30.7 Å². The van der Waals surface area contributed by atoms with Crippen molar-refractivity contribution in [2.75, 3.05) is 6.61 Å². The van der Waals surface area contributed by atoms with Crippen LogP contribution in [0.25, 0.3) is 10.9 Å². The van der Waals surface area contributed by atoms with Gasteiger partial charge < -0.3 is 19.5 Å². The van der Waals surface area contributed by atoms with Gasteiger partial charge in [0.05, 0.1) is 22.6 Å². The number of ether oxygens (including phenoxy) is 3. The van der Waals surface area contributed by atoms with E-state index in [-0.39, 0.29) is 6.42 Å². The van der Waals surface area contributed by atoms with Crippen molar-refractivity contribution in [3.63, 3.8) is 0 Å². The van der Waals surface area contributed by atoms with E-state index >= 15 is 0 Å². The highest BCUT2D eigenvalue weighted by atomic mass is 32.2. The Balaban J connectivity index is 1.75. The maximum Gasteiger partial charge on any atom is 0.407 e. The number of nitrogens with zero attached hydrogens (tertiary/aromatic N) is 1. The van der Waals surface area contributed by atoms with Crippen molar-refractivity contribution >= 4 is 27.0 Å². The molecule has 0 saturated carbocycles. The van der Waals surface area contributed by atoms with Gasteiger partial charge >= 0.3 is 6.09 Å². The van der Waals surface area contributed by atoms with Gasteiger partial charge in [0.15, 0.2) is 6.29 Å². The van der Waals surface area contributed by atoms with E-state index < -0.39 is 40.2 Å². The molecule has 0 aliphatic carbocycles. The van der Waals surface area contributed by atoms with Gasteiger partial charge in [-0.1, -0.05) is 42.0 Å². The van der Waals surface area contributed by atoms with Gasteiger partial charge in [0, 0.05) is 18.2 Å². The minimum atomic E-state index is -3.92. The summed E-state index contributed by atoms with van der Waals surface area (Å²) in [6, 6.07) is 10.5. The summed E-state index contributed by atoms with van der Waals surface area (Å²) in [6.07, 6.45) is 4.68. The van der Waals surface area contributed by atoms with E-state index in [0.717, 1.165) is 35.8 Å². The molecule has 1 fully saturated rings. The summed E-state index contributed by atoms with van der Waals surface area (Å²) in [7, 11) is -3.92. The first-order chi connectivity index (χ1) is 19.3. The molecule has 0 bridgehead atoms. The number of carbonyl (C=O) groups excluding carboxylic acids is 1. The molecule has 1 unspecified atom stereocenters. The van der Waals surface area contributed by atoms with E-state index in [2.05, 4.69) is 11.9 Å². The molecule has 2 heterocycles. The average molecular weight is 583 g/mol. The molecule has 0 spiro atoms. The number of alkyl carbamates (subject to hydrolysis) is 1. The molecule has 1 amide bonds. The molecule has 41 heavy (non-hydrogen) atoms. The molecule has 9 heteroatoms. The van der Waals surface area contributed by atoms with Crippen molar-refractivity contribution in [3.05, 3.63) is 77.5 Å². The minimum absolute atomic E-state index is 0.275. The van der Waals surface area contributed by atoms with Gasteiger partial charge in [-0.15, -0.1) is 6.58 Å². The van der Waals surface area contributed by atoms with Crippen LogP contribution >= 0.6 is 0 Å². The highest BCUT2D eigenvalue weighted by Crippen LogP contribution is 2.31. The van der Waals surface area contributed by atoms with E-state index in [1.54, 1.807) is 39.1 Å². The second-order valence-corrected chi connectivity index (χ2v) is 13.5. The topological polar surface area (TPSA) is 95.9 Å². The van der Waals surface area contributed by atoms with E-state index in [1.807, 2.05) is 51.1 Å². The number of para-hydroxylation sites is 1. The van der Waals surface area contributed by atoms with E-state index in [0.29, 0.717) is 28.1 Å². The Morgan fingerprint density at radius 2 is 1.85 bits per heavy atom. The third kappa shape index (κ3) is 7.20. The van der Waals surface area contributed by atoms with Gasteiger partial charge in [0.25, 0.3) is 10.0 Å². The number of aryl methyl sites for hydroxylation is 3. The standard InChI is InChI=1S/C32H42N2O6S/c1-8-28(39-29-15-11-12-16-38-29)26(33-31(35)40-32(5,6)7)19-24-20-34(27-14-10-9-13-25(24)27)41(36,37)30-22(3)17-21(2)18-23(30)4/h8-10,13-14,17-18,20,26,28-29H,1,11-12,15-16,19H2,2-7H3,(H,33,35)/t26-,28+,29?/m0/s1. The quantitative estimate of drug-likeness (QED) is 0.296. The van der Waals surface area contributed by atoms with E-state index in [1.165, 1.54) is 3.97 Å². The molecule has 0 radical (unpaired) electrons. The van der Waals surface area contributed by atoms with Crippen molar-refractivity contribution in [1.29, 1.82) is 0 Å². The lowest BCUT2D eigenvalue weighted by atomic mass is 10.0. The summed E-state index contributed by atoms with van der Waals surface area (Å²) < 4.78 is 47.2. The van der Waals surface area contributed by atoms with Gasteiger partial charge in [-0.3, -0.25) is 0 Å². The second kappa shape index (κ2) is 12.4. The van der Waals surface area contributed by atoms with Gasteiger partial charge in [-0.2, -0.15) is 0 Å². The third-order valence-corrected chi connectivity index (χ3v) is 9.08. The monoisotopic (exact) mass is 582 g/mol. The number of fused-ring (bicyclic) bond motifs is 1. The Labute approximate surface area is 243 Å². The Morgan fingerprint density at radius 1 is 1.17 bits per heavy atom. The summed E-state index contributed by atoms with van der Waals surface area (Å²) in [5.74, 6) is 0. The number of benzene rings is 2. The summed E-state index contributed by atoms with van der Waals surface area (Å²) in [5, 5.41) is 3.73. The molecule has 8 nitrogen and oxygen atoms in total. The molecule has 1 aliphatic heterocycles. The van der Waals surface area contributed by atoms with Crippen molar-refractivity contribution in [2.24, 2.45) is 0 Å². The van der Waals surface area contributed by atoms with Crippen LogP contribution in [-0.4, -0.2) is 49.1 Å². The van der Waals surface area contributed by atoms with Crippen LogP contribution in [0.1, 0.15) is 62.3 Å². The second-order valence-electron chi connectivity index (χ2n) is 11.8. The van der Waals surface area contributed by atoms with Gasteiger partial charge in [-0.25, -0.2) is 17.2 Å². The normalized spacial score (nSPS) is 17.7. The Kier molecular flexibility index (Phi) is 9.31. The lowest BCUT2D eigenvalue weighted by molar-refractivity contribution is -0.183. The fourth-order valence-electron chi connectivity index (χ4n) is 5.51. The molecular weight excluding hydrogens is 540 g/mol. The zero-order valence-electron chi connectivity index (χ0n) is 24.9. The smallest absolute Gasteiger partial charge is 0.407 e. The van der Waals surface area contributed by atoms with Gasteiger partial charge in [0.1, 0.15) is 5.60 Å². The molecule has 1 N–H and O–H groups in total. The van der Waals surface area contributed by atoms with Crippen molar-refractivity contribution < 1.29 is 27.4 Å². The Bertz CT molecular complexity index is 1490. The average Bonchev–Trinajstić information content (AvgIpc) is 3.25. The number of aromatic nitrogens is 1. The van der Waals surface area contributed by atoms with Crippen LogP contribution in [0, 0.1) is 20.8 Å². The molecule has 1 saturated heterocycles. The molecule has 222 valence electrons. The van der Waals surface area contributed by atoms with Crippen LogP contribution in [0.4, 0.5) is 4.79 Å². The van der Waals surface area contributed by atoms with E-state index in [4.69, 9.17) is 14.2 Å². The van der Waals surface area contributed by atoms with Crippen LogP contribution in [0.3, 0.4) is 0 Å². The molecule has 2 aromatic carbocycles. The zero-order chi connectivity index (χ0) is 29.9. The predicted molar refractivity (Wildman–Crippen MR) is 161 cm³/mol. The lowest BCUT2D eigenvalue weighted by Gasteiger charge is -2.32. The molecule has 3 aromatic rings. The van der Waals surface area contributed by atoms with Crippen molar-refractivity contribution in [1.82, 2.24) is 9.29 Å². The number of carbonyl (C=O) groups is 1. The third-order valence-electron chi connectivity index (χ3n) is 7.10. The van der Waals surface area contributed by atoms with Crippen LogP contribution < -0.4 is 5.32 Å². The zero-order valence-corrected chi connectivity index (χ0v) is 25.7. The minimum Gasteiger partial charge on any atom is -0.444 e. The highest BCUT2D eigenvalue weighted by Gasteiger charge is 2.31. The van der Waals surface area contributed by atoms with Crippen LogP contribution in [0.5, 0.6) is 0 Å². The summed E-state index contributed by atoms with van der Waals surface area (Å²) in [6.45, 7) is 15.6. The largest absolute Gasteiger partial charge is 0.444 e. The first kappa shape index (κ1) is 30.8. The lowest BCUT2D eigenvalue weighted by Crippen LogP contribution is -2.48. The maximum absolute atomic E-state index is 14.1. The predicted octanol–water partition coefficient (Wildman–Crippen LogP) is 6.34. The fourth-order valence-corrected chi connectivity index (χ4v) is 7.32. The van der Waals surface area contributed by atoms with Gasteiger partial charge in [0.2, 0.25) is 0 Å². The van der Waals surface area contributed by atoms with E-state index in [9.17, 15) is 13.2 Å². The molecule has 4 rings (SSSR count). The summed E-state index contributed by atoms with van der Waals surface area (Å²) >= 11 is 0. The first-order valence-electron chi connectivity index (χ1n) is 14.1. The molecule has 3 atom stereocenters.